The maximum absolute atomic E-state index is 10.7. The van der Waals surface area contributed by atoms with Crippen LogP contribution in [0.5, 0.6) is 0 Å². The van der Waals surface area contributed by atoms with Crippen molar-refractivity contribution in [2.24, 2.45) is 4.99 Å². The Hall–Kier alpha value is -1.45. The lowest BCUT2D eigenvalue weighted by Crippen LogP contribution is -2.18. The van der Waals surface area contributed by atoms with Gasteiger partial charge in [0.05, 0.1) is 11.1 Å². The first-order valence-electron chi connectivity index (χ1n) is 5.98. The second-order valence-corrected chi connectivity index (χ2v) is 5.50. The van der Waals surface area contributed by atoms with Crippen molar-refractivity contribution in [1.29, 1.82) is 0 Å². The average molecular weight is 306 g/mol. The van der Waals surface area contributed by atoms with E-state index >= 15 is 0 Å². The number of aromatic amines is 1. The number of hydrogen-bond acceptors (Lipinski definition) is 3. The minimum absolute atomic E-state index is 0.368. The van der Waals surface area contributed by atoms with Gasteiger partial charge in [0.1, 0.15) is 4.60 Å². The summed E-state index contributed by atoms with van der Waals surface area (Å²) in [6.07, 6.45) is 5.80. The van der Waals surface area contributed by atoms with E-state index in [9.17, 15) is 4.79 Å². The van der Waals surface area contributed by atoms with Gasteiger partial charge in [-0.05, 0) is 46.5 Å². The van der Waals surface area contributed by atoms with Crippen LogP contribution in [0.3, 0.4) is 0 Å². The van der Waals surface area contributed by atoms with E-state index in [0.29, 0.717) is 0 Å². The predicted octanol–water partition coefficient (Wildman–Crippen LogP) is 3.43. The number of fused-ring (bicyclic) bond motifs is 1. The highest BCUT2D eigenvalue weighted by molar-refractivity contribution is 9.10. The third kappa shape index (κ3) is 1.71. The van der Waals surface area contributed by atoms with Crippen LogP contribution in [0.1, 0.15) is 31.2 Å². The molecule has 1 saturated carbocycles. The molecule has 2 aromatic rings. The van der Waals surface area contributed by atoms with Crippen molar-refractivity contribution in [1.82, 2.24) is 10.2 Å². The molecule has 92 valence electrons. The Bertz CT molecular complexity index is 637. The van der Waals surface area contributed by atoms with Crippen molar-refractivity contribution in [3.63, 3.8) is 0 Å². The molecule has 0 bridgehead atoms. The highest BCUT2D eigenvalue weighted by atomic mass is 79.9. The molecule has 0 amide bonds. The Labute approximate surface area is 113 Å². The fraction of sp³-hybridized carbons (Fsp3) is 0.385. The maximum Gasteiger partial charge on any atom is 0.235 e. The van der Waals surface area contributed by atoms with Crippen molar-refractivity contribution >= 4 is 32.9 Å². The Kier molecular flexibility index (Phi) is 2.80. The van der Waals surface area contributed by atoms with E-state index < -0.39 is 0 Å². The number of aliphatic imine (C=N–C) groups is 1. The first-order valence-corrected chi connectivity index (χ1v) is 6.78. The predicted molar refractivity (Wildman–Crippen MR) is 72.1 cm³/mol. The van der Waals surface area contributed by atoms with Crippen molar-refractivity contribution in [2.45, 2.75) is 31.2 Å². The van der Waals surface area contributed by atoms with Crippen LogP contribution in [0.15, 0.2) is 27.8 Å². The number of aromatic nitrogens is 2. The van der Waals surface area contributed by atoms with Gasteiger partial charge in [-0.15, -0.1) is 0 Å². The first-order chi connectivity index (χ1) is 8.75. The van der Waals surface area contributed by atoms with Gasteiger partial charge in [0.2, 0.25) is 6.08 Å². The maximum atomic E-state index is 10.7. The quantitative estimate of drug-likeness (QED) is 0.682. The summed E-state index contributed by atoms with van der Waals surface area (Å²) in [5.41, 5.74) is 1.62. The Morgan fingerprint density at radius 2 is 2.17 bits per heavy atom. The van der Waals surface area contributed by atoms with Crippen LogP contribution in [0.4, 0.5) is 0 Å². The molecule has 0 atom stereocenters. The number of nitrogens with one attached hydrogen (secondary N) is 1. The van der Waals surface area contributed by atoms with Gasteiger partial charge in [0, 0.05) is 5.39 Å². The SMILES string of the molecule is O=C=NC1(c2ccc3n[nH]c(Br)c3c2)CCCC1. The number of hydrogen-bond donors (Lipinski definition) is 1. The molecule has 3 rings (SSSR count). The molecular formula is C13H12BrN3O. The van der Waals surface area contributed by atoms with Gasteiger partial charge in [-0.1, -0.05) is 18.9 Å². The average Bonchev–Trinajstić information content (AvgIpc) is 2.98. The number of H-pyrrole nitrogens is 1. The van der Waals surface area contributed by atoms with Gasteiger partial charge in [-0.2, -0.15) is 10.1 Å². The molecule has 0 unspecified atom stereocenters. The van der Waals surface area contributed by atoms with Crippen LogP contribution in [0.25, 0.3) is 10.9 Å². The van der Waals surface area contributed by atoms with Crippen LogP contribution < -0.4 is 0 Å². The standard InChI is InChI=1S/C13H12BrN3O/c14-12-10-7-9(3-4-11(10)16-17-12)13(15-8-18)5-1-2-6-13/h3-4,7H,1-2,5-6H2,(H,16,17). The molecule has 1 aromatic carbocycles. The number of isocyanates is 1. The zero-order valence-electron chi connectivity index (χ0n) is 9.74. The molecule has 1 aromatic heterocycles. The fourth-order valence-electron chi connectivity index (χ4n) is 2.78. The fourth-order valence-corrected chi connectivity index (χ4v) is 3.19. The van der Waals surface area contributed by atoms with E-state index in [4.69, 9.17) is 0 Å². The molecule has 1 N–H and O–H groups in total. The van der Waals surface area contributed by atoms with Gasteiger partial charge < -0.3 is 0 Å². The van der Waals surface area contributed by atoms with Crippen LogP contribution in [-0.2, 0) is 10.3 Å². The Morgan fingerprint density at radius 3 is 2.89 bits per heavy atom. The Balaban J connectivity index is 2.17. The third-order valence-corrected chi connectivity index (χ3v) is 4.34. The van der Waals surface area contributed by atoms with Crippen LogP contribution in [-0.4, -0.2) is 16.3 Å². The van der Waals surface area contributed by atoms with Gasteiger partial charge in [0.25, 0.3) is 0 Å². The second kappa shape index (κ2) is 4.34. The first kappa shape index (κ1) is 11.6. The smallest absolute Gasteiger partial charge is 0.235 e. The van der Waals surface area contributed by atoms with Gasteiger partial charge in [-0.3, -0.25) is 5.10 Å². The number of halogens is 1. The Morgan fingerprint density at radius 1 is 1.39 bits per heavy atom. The monoisotopic (exact) mass is 305 g/mol. The lowest BCUT2D eigenvalue weighted by Gasteiger charge is -2.22. The summed E-state index contributed by atoms with van der Waals surface area (Å²) in [5, 5.41) is 8.10. The summed E-state index contributed by atoms with van der Waals surface area (Å²) < 4.78 is 0.863. The second-order valence-electron chi connectivity index (χ2n) is 4.71. The molecule has 0 aliphatic heterocycles. The molecule has 1 aliphatic rings. The molecule has 0 spiro atoms. The lowest BCUT2D eigenvalue weighted by atomic mass is 9.88. The lowest BCUT2D eigenvalue weighted by molar-refractivity contribution is 0.456. The largest absolute Gasteiger partial charge is 0.270 e. The highest BCUT2D eigenvalue weighted by Crippen LogP contribution is 2.43. The molecule has 18 heavy (non-hydrogen) atoms. The van der Waals surface area contributed by atoms with Gasteiger partial charge >= 0.3 is 0 Å². The molecule has 4 nitrogen and oxygen atoms in total. The summed E-state index contributed by atoms with van der Waals surface area (Å²) in [5.74, 6) is 0. The molecule has 1 heterocycles. The summed E-state index contributed by atoms with van der Waals surface area (Å²) in [4.78, 5) is 14.8. The molecule has 0 radical (unpaired) electrons. The van der Waals surface area contributed by atoms with Crippen molar-refractivity contribution in [3.05, 3.63) is 28.4 Å². The van der Waals surface area contributed by atoms with Crippen molar-refractivity contribution in [3.8, 4) is 0 Å². The molecule has 5 heteroatoms. The number of rotatable bonds is 2. The number of benzene rings is 1. The van der Waals surface area contributed by atoms with E-state index in [-0.39, 0.29) is 5.54 Å². The minimum Gasteiger partial charge on any atom is -0.270 e. The van der Waals surface area contributed by atoms with Crippen molar-refractivity contribution < 1.29 is 4.79 Å². The van der Waals surface area contributed by atoms with Gasteiger partial charge in [0.15, 0.2) is 0 Å². The van der Waals surface area contributed by atoms with Crippen LogP contribution in [0, 0.1) is 0 Å². The van der Waals surface area contributed by atoms with Gasteiger partial charge in [-0.25, -0.2) is 4.79 Å². The van der Waals surface area contributed by atoms with Crippen molar-refractivity contribution in [2.75, 3.05) is 0 Å². The van der Waals surface area contributed by atoms with Crippen LogP contribution in [0.2, 0.25) is 0 Å². The normalized spacial score (nSPS) is 17.8. The van der Waals surface area contributed by atoms with E-state index in [2.05, 4.69) is 37.2 Å². The van der Waals surface area contributed by atoms with E-state index in [1.165, 1.54) is 0 Å². The summed E-state index contributed by atoms with van der Waals surface area (Å²) in [7, 11) is 0. The minimum atomic E-state index is -0.368. The molecule has 1 aliphatic carbocycles. The van der Waals surface area contributed by atoms with E-state index in [0.717, 1.165) is 46.8 Å². The van der Waals surface area contributed by atoms with E-state index in [1.807, 2.05) is 12.1 Å². The zero-order chi connectivity index (χ0) is 12.6. The van der Waals surface area contributed by atoms with E-state index in [1.54, 1.807) is 6.08 Å². The molecular weight excluding hydrogens is 294 g/mol. The third-order valence-electron chi connectivity index (χ3n) is 3.74. The highest BCUT2D eigenvalue weighted by Gasteiger charge is 2.35. The zero-order valence-corrected chi connectivity index (χ0v) is 11.3. The summed E-state index contributed by atoms with van der Waals surface area (Å²) in [6.45, 7) is 0. The van der Waals surface area contributed by atoms with Crippen LogP contribution >= 0.6 is 15.9 Å². The summed E-state index contributed by atoms with van der Waals surface area (Å²) >= 11 is 3.44. The molecule has 1 fully saturated rings. The number of carbonyl (C=O) groups excluding carboxylic acids is 1. The number of nitrogens with zero attached hydrogens (tertiary/aromatic N) is 2. The molecule has 0 saturated heterocycles. The topological polar surface area (TPSA) is 58.1 Å². The summed E-state index contributed by atoms with van der Waals surface area (Å²) in [6, 6.07) is 6.04.